The first-order valence-electron chi connectivity index (χ1n) is 8.48. The number of aliphatic imine (C=N–C) groups is 1. The molecule has 2 aromatic rings. The fourth-order valence-corrected chi connectivity index (χ4v) is 2.15. The Balaban J connectivity index is 2.01. The number of nitrogens with zero attached hydrogens (tertiary/aromatic N) is 4. The molecular formula is C18H28N6O. The molecular weight excluding hydrogens is 316 g/mol. The van der Waals surface area contributed by atoms with E-state index in [0.717, 1.165) is 29.7 Å². The summed E-state index contributed by atoms with van der Waals surface area (Å²) in [6.45, 7) is 10.1. The summed E-state index contributed by atoms with van der Waals surface area (Å²) in [6.07, 6.45) is 5.52. The van der Waals surface area contributed by atoms with Crippen molar-refractivity contribution in [1.82, 2.24) is 25.2 Å². The minimum absolute atomic E-state index is 0.248. The molecule has 7 nitrogen and oxygen atoms in total. The smallest absolute Gasteiger partial charge is 0.191 e. The summed E-state index contributed by atoms with van der Waals surface area (Å²) in [5, 5.41) is 6.55. The van der Waals surface area contributed by atoms with Gasteiger partial charge in [-0.3, -0.25) is 4.57 Å². The molecule has 0 aliphatic rings. The highest BCUT2D eigenvalue weighted by Crippen LogP contribution is 2.09. The summed E-state index contributed by atoms with van der Waals surface area (Å²) in [6, 6.07) is 4.02. The van der Waals surface area contributed by atoms with Gasteiger partial charge in [0.05, 0.1) is 12.1 Å². The van der Waals surface area contributed by atoms with Crippen molar-refractivity contribution in [3.8, 4) is 5.82 Å². The van der Waals surface area contributed by atoms with Crippen LogP contribution in [0.5, 0.6) is 0 Å². The lowest BCUT2D eigenvalue weighted by Gasteiger charge is -2.24. The monoisotopic (exact) mass is 344 g/mol. The van der Waals surface area contributed by atoms with Crippen molar-refractivity contribution in [2.24, 2.45) is 4.99 Å². The topological polar surface area (TPSA) is 76.4 Å². The number of methoxy groups -OCH3 is 1. The van der Waals surface area contributed by atoms with Gasteiger partial charge >= 0.3 is 0 Å². The third-order valence-corrected chi connectivity index (χ3v) is 3.88. The van der Waals surface area contributed by atoms with Crippen LogP contribution in [-0.2, 0) is 11.3 Å². The van der Waals surface area contributed by atoms with Crippen LogP contribution in [0, 0.1) is 6.92 Å². The number of hydrogen-bond donors (Lipinski definition) is 2. The standard InChI is InChI=1S/C18H28N6O/c1-6-19-17(23-13-18(3,4)25-5)22-12-15-7-8-16(21-11-15)24-10-9-20-14(24)2/h7-11H,6,12-13H2,1-5H3,(H2,19,22,23). The van der Waals surface area contributed by atoms with Crippen molar-refractivity contribution in [1.29, 1.82) is 0 Å². The first kappa shape index (κ1) is 18.9. The second-order valence-electron chi connectivity index (χ2n) is 6.38. The lowest BCUT2D eigenvalue weighted by molar-refractivity contribution is 0.0268. The van der Waals surface area contributed by atoms with E-state index in [0.29, 0.717) is 13.1 Å². The van der Waals surface area contributed by atoms with Crippen LogP contribution >= 0.6 is 0 Å². The number of rotatable bonds is 7. The molecule has 0 unspecified atom stereocenters. The summed E-state index contributed by atoms with van der Waals surface area (Å²) in [5.74, 6) is 2.54. The fourth-order valence-electron chi connectivity index (χ4n) is 2.15. The Labute approximate surface area is 149 Å². The summed E-state index contributed by atoms with van der Waals surface area (Å²) in [5.41, 5.74) is 0.798. The van der Waals surface area contributed by atoms with E-state index >= 15 is 0 Å². The predicted molar refractivity (Wildman–Crippen MR) is 100 cm³/mol. The maximum absolute atomic E-state index is 5.42. The lowest BCUT2D eigenvalue weighted by atomic mass is 10.1. The largest absolute Gasteiger partial charge is 0.377 e. The van der Waals surface area contributed by atoms with Crippen LogP contribution < -0.4 is 10.6 Å². The van der Waals surface area contributed by atoms with E-state index in [1.54, 1.807) is 13.3 Å². The second kappa shape index (κ2) is 8.62. The van der Waals surface area contributed by atoms with Crippen molar-refractivity contribution < 1.29 is 4.74 Å². The number of hydrogen-bond acceptors (Lipinski definition) is 4. The van der Waals surface area contributed by atoms with Crippen LogP contribution in [0.25, 0.3) is 5.82 Å². The van der Waals surface area contributed by atoms with Gasteiger partial charge in [0.2, 0.25) is 0 Å². The molecule has 25 heavy (non-hydrogen) atoms. The summed E-state index contributed by atoms with van der Waals surface area (Å²) >= 11 is 0. The maximum Gasteiger partial charge on any atom is 0.191 e. The minimum Gasteiger partial charge on any atom is -0.377 e. The zero-order valence-corrected chi connectivity index (χ0v) is 15.7. The third-order valence-electron chi connectivity index (χ3n) is 3.88. The third kappa shape index (κ3) is 5.56. The van der Waals surface area contributed by atoms with Crippen molar-refractivity contribution in [2.45, 2.75) is 39.8 Å². The Morgan fingerprint density at radius 1 is 1.28 bits per heavy atom. The van der Waals surface area contributed by atoms with Crippen LogP contribution in [-0.4, -0.2) is 46.3 Å². The normalized spacial score (nSPS) is 12.3. The van der Waals surface area contributed by atoms with Crippen molar-refractivity contribution >= 4 is 5.96 Å². The number of pyridine rings is 1. The van der Waals surface area contributed by atoms with Crippen LogP contribution in [0.2, 0.25) is 0 Å². The molecule has 0 aliphatic heterocycles. The second-order valence-corrected chi connectivity index (χ2v) is 6.38. The van der Waals surface area contributed by atoms with Gasteiger partial charge in [0.1, 0.15) is 11.6 Å². The number of nitrogens with one attached hydrogen (secondary N) is 2. The Bertz CT molecular complexity index is 690. The van der Waals surface area contributed by atoms with Gasteiger partial charge < -0.3 is 15.4 Å². The van der Waals surface area contributed by atoms with Gasteiger partial charge in [-0.1, -0.05) is 6.07 Å². The van der Waals surface area contributed by atoms with E-state index < -0.39 is 0 Å². The maximum atomic E-state index is 5.42. The molecule has 2 heterocycles. The zero-order chi connectivity index (χ0) is 18.3. The van der Waals surface area contributed by atoms with E-state index in [9.17, 15) is 0 Å². The van der Waals surface area contributed by atoms with Crippen LogP contribution in [0.4, 0.5) is 0 Å². The Kier molecular flexibility index (Phi) is 6.52. The van der Waals surface area contributed by atoms with Crippen molar-refractivity contribution in [3.63, 3.8) is 0 Å². The SMILES string of the molecule is CCNC(=NCc1ccc(-n2ccnc2C)nc1)NCC(C)(C)OC. The lowest BCUT2D eigenvalue weighted by Crippen LogP contribution is -2.45. The quantitative estimate of drug-likeness (QED) is 0.594. The molecule has 0 spiro atoms. The average Bonchev–Trinajstić information content (AvgIpc) is 3.04. The highest BCUT2D eigenvalue weighted by molar-refractivity contribution is 5.79. The molecule has 0 aliphatic carbocycles. The van der Waals surface area contributed by atoms with E-state index in [1.165, 1.54) is 0 Å². The number of aromatic nitrogens is 3. The summed E-state index contributed by atoms with van der Waals surface area (Å²) < 4.78 is 7.37. The first-order valence-corrected chi connectivity index (χ1v) is 8.48. The van der Waals surface area contributed by atoms with Gasteiger partial charge in [0, 0.05) is 38.8 Å². The van der Waals surface area contributed by atoms with E-state index in [4.69, 9.17) is 4.74 Å². The van der Waals surface area contributed by atoms with Crippen molar-refractivity contribution in [3.05, 3.63) is 42.1 Å². The number of imidazole rings is 1. The Morgan fingerprint density at radius 2 is 2.08 bits per heavy atom. The Morgan fingerprint density at radius 3 is 2.64 bits per heavy atom. The molecule has 0 atom stereocenters. The predicted octanol–water partition coefficient (Wildman–Crippen LogP) is 2.06. The van der Waals surface area contributed by atoms with Gasteiger partial charge in [0.15, 0.2) is 5.96 Å². The first-order chi connectivity index (χ1) is 11.9. The van der Waals surface area contributed by atoms with Crippen LogP contribution in [0.1, 0.15) is 32.2 Å². The molecule has 0 saturated heterocycles. The molecule has 0 amide bonds. The van der Waals surface area contributed by atoms with Gasteiger partial charge in [0.25, 0.3) is 0 Å². The molecule has 136 valence electrons. The Hall–Kier alpha value is -2.41. The average molecular weight is 344 g/mol. The number of ether oxygens (including phenoxy) is 1. The summed E-state index contributed by atoms with van der Waals surface area (Å²) in [4.78, 5) is 13.3. The molecule has 2 rings (SSSR count). The molecule has 0 saturated carbocycles. The molecule has 0 bridgehead atoms. The van der Waals surface area contributed by atoms with E-state index in [1.807, 2.05) is 56.8 Å². The molecule has 7 heteroatoms. The van der Waals surface area contributed by atoms with Crippen molar-refractivity contribution in [2.75, 3.05) is 20.2 Å². The van der Waals surface area contributed by atoms with Crippen LogP contribution in [0.3, 0.4) is 0 Å². The molecule has 2 N–H and O–H groups in total. The number of aryl methyl sites for hydroxylation is 1. The molecule has 0 radical (unpaired) electrons. The molecule has 2 aromatic heterocycles. The van der Waals surface area contributed by atoms with E-state index in [-0.39, 0.29) is 5.60 Å². The summed E-state index contributed by atoms with van der Waals surface area (Å²) in [7, 11) is 1.71. The minimum atomic E-state index is -0.248. The highest BCUT2D eigenvalue weighted by Gasteiger charge is 2.16. The highest BCUT2D eigenvalue weighted by atomic mass is 16.5. The molecule has 0 fully saturated rings. The van der Waals surface area contributed by atoms with Crippen LogP contribution in [0.15, 0.2) is 35.7 Å². The number of guanidine groups is 1. The van der Waals surface area contributed by atoms with Gasteiger partial charge in [-0.25, -0.2) is 15.0 Å². The van der Waals surface area contributed by atoms with Gasteiger partial charge in [-0.2, -0.15) is 0 Å². The zero-order valence-electron chi connectivity index (χ0n) is 15.7. The fraction of sp³-hybridized carbons (Fsp3) is 0.500. The van der Waals surface area contributed by atoms with Gasteiger partial charge in [-0.05, 0) is 39.3 Å². The van der Waals surface area contributed by atoms with Gasteiger partial charge in [-0.15, -0.1) is 0 Å². The molecule has 0 aromatic carbocycles. The van der Waals surface area contributed by atoms with E-state index in [2.05, 4.69) is 25.6 Å².